The van der Waals surface area contributed by atoms with Gasteiger partial charge in [0, 0.05) is 30.6 Å². The third kappa shape index (κ3) is 4.71. The summed E-state index contributed by atoms with van der Waals surface area (Å²) in [5, 5.41) is 0. The van der Waals surface area contributed by atoms with Gasteiger partial charge < -0.3 is 15.4 Å². The zero-order valence-electron chi connectivity index (χ0n) is 14.1. The molecule has 1 saturated heterocycles. The van der Waals surface area contributed by atoms with Gasteiger partial charge >= 0.3 is 6.61 Å². The molecule has 0 aliphatic carbocycles. The number of hydrogen-bond acceptors (Lipinski definition) is 3. The average Bonchev–Trinajstić information content (AvgIpc) is 2.99. The molecule has 4 nitrogen and oxygen atoms in total. The van der Waals surface area contributed by atoms with Crippen molar-refractivity contribution in [1.29, 1.82) is 0 Å². The van der Waals surface area contributed by atoms with Crippen LogP contribution in [0.3, 0.4) is 0 Å². The van der Waals surface area contributed by atoms with Crippen LogP contribution in [0, 0.1) is 0 Å². The molecule has 2 aromatic carbocycles. The smallest absolute Gasteiger partial charge is 0.387 e. The Labute approximate surface area is 157 Å². The number of hydrogen-bond donors (Lipinski definition) is 1. The number of ether oxygens (including phenoxy) is 1. The first-order chi connectivity index (χ1) is 12.0. The summed E-state index contributed by atoms with van der Waals surface area (Å²) in [6.07, 6.45) is 0.0110. The van der Waals surface area contributed by atoms with Crippen LogP contribution < -0.4 is 10.5 Å². The van der Waals surface area contributed by atoms with Crippen LogP contribution in [0.15, 0.2) is 54.6 Å². The Morgan fingerprint density at radius 2 is 1.77 bits per heavy atom. The lowest BCUT2D eigenvalue weighted by Crippen LogP contribution is -2.33. The van der Waals surface area contributed by atoms with Gasteiger partial charge in [-0.05, 0) is 11.6 Å². The molecule has 0 saturated carbocycles. The van der Waals surface area contributed by atoms with Crippen LogP contribution >= 0.6 is 12.4 Å². The van der Waals surface area contributed by atoms with Crippen LogP contribution in [0.4, 0.5) is 8.78 Å². The number of nitrogens with zero attached hydrogens (tertiary/aromatic N) is 1. The molecule has 26 heavy (non-hydrogen) atoms. The third-order valence-electron chi connectivity index (χ3n) is 4.48. The van der Waals surface area contributed by atoms with E-state index >= 15 is 0 Å². The summed E-state index contributed by atoms with van der Waals surface area (Å²) in [6.45, 7) is -1.93. The maximum Gasteiger partial charge on any atom is 0.387 e. The Morgan fingerprint density at radius 3 is 2.46 bits per heavy atom. The highest BCUT2D eigenvalue weighted by atomic mass is 35.5. The van der Waals surface area contributed by atoms with E-state index in [9.17, 15) is 13.6 Å². The minimum Gasteiger partial charge on any atom is -0.435 e. The van der Waals surface area contributed by atoms with Gasteiger partial charge in [-0.25, -0.2) is 0 Å². The molecule has 7 heteroatoms. The Hall–Kier alpha value is -2.18. The number of alkyl halides is 2. The summed E-state index contributed by atoms with van der Waals surface area (Å²) in [5.74, 6) is -0.0224. The van der Waals surface area contributed by atoms with Crippen molar-refractivity contribution in [2.45, 2.75) is 25.0 Å². The van der Waals surface area contributed by atoms with Crippen molar-refractivity contribution >= 4 is 18.3 Å². The Morgan fingerprint density at radius 1 is 1.12 bits per heavy atom. The van der Waals surface area contributed by atoms with E-state index in [0.29, 0.717) is 18.7 Å². The molecule has 2 atom stereocenters. The molecule has 140 valence electrons. The number of para-hydroxylation sites is 1. The molecule has 0 unspecified atom stereocenters. The highest BCUT2D eigenvalue weighted by molar-refractivity contribution is 5.85. The van der Waals surface area contributed by atoms with Gasteiger partial charge in [0.2, 0.25) is 5.91 Å². The van der Waals surface area contributed by atoms with Gasteiger partial charge in [-0.1, -0.05) is 48.5 Å². The van der Waals surface area contributed by atoms with Crippen LogP contribution in [0.5, 0.6) is 5.75 Å². The molecule has 0 bridgehead atoms. The van der Waals surface area contributed by atoms with Gasteiger partial charge in [0.05, 0.1) is 6.42 Å². The Kier molecular flexibility index (Phi) is 6.94. The van der Waals surface area contributed by atoms with Crippen LogP contribution in [0.1, 0.15) is 17.0 Å². The standard InChI is InChI=1S/C19H20F2N2O2.ClH/c20-19(21)25-17-9-5-4-8-14(17)10-18(24)23-11-15(16(22)12-23)13-6-2-1-3-7-13;/h1-9,15-16,19H,10-12,22H2;1H/t15-,16+;/m0./s1. The number of benzene rings is 2. The summed E-state index contributed by atoms with van der Waals surface area (Å²) >= 11 is 0. The van der Waals surface area contributed by atoms with Crippen molar-refractivity contribution in [3.8, 4) is 5.75 Å². The fourth-order valence-electron chi connectivity index (χ4n) is 3.22. The van der Waals surface area contributed by atoms with Crippen LogP contribution in [0.2, 0.25) is 0 Å². The van der Waals surface area contributed by atoms with Gasteiger partial charge in [0.1, 0.15) is 5.75 Å². The first kappa shape index (κ1) is 20.1. The first-order valence-electron chi connectivity index (χ1n) is 8.15. The first-order valence-corrected chi connectivity index (χ1v) is 8.15. The monoisotopic (exact) mass is 382 g/mol. The predicted molar refractivity (Wildman–Crippen MR) is 97.8 cm³/mol. The summed E-state index contributed by atoms with van der Waals surface area (Å²) in [4.78, 5) is 14.3. The number of carbonyl (C=O) groups excluding carboxylic acids is 1. The lowest BCUT2D eigenvalue weighted by Gasteiger charge is -2.18. The van der Waals surface area contributed by atoms with E-state index in [0.717, 1.165) is 5.56 Å². The zero-order valence-corrected chi connectivity index (χ0v) is 14.9. The van der Waals surface area contributed by atoms with E-state index in [2.05, 4.69) is 4.74 Å². The second kappa shape index (κ2) is 8.96. The summed E-state index contributed by atoms with van der Waals surface area (Å²) in [5.41, 5.74) is 7.76. The third-order valence-corrected chi connectivity index (χ3v) is 4.48. The average molecular weight is 383 g/mol. The minimum absolute atomic E-state index is 0. The fraction of sp³-hybridized carbons (Fsp3) is 0.316. The Bertz CT molecular complexity index is 730. The van der Waals surface area contributed by atoms with Gasteiger partial charge in [-0.3, -0.25) is 4.79 Å². The van der Waals surface area contributed by atoms with Crippen molar-refractivity contribution in [2.24, 2.45) is 5.73 Å². The molecule has 1 amide bonds. The quantitative estimate of drug-likeness (QED) is 0.864. The lowest BCUT2D eigenvalue weighted by molar-refractivity contribution is -0.129. The van der Waals surface area contributed by atoms with Gasteiger partial charge in [0.15, 0.2) is 0 Å². The van der Waals surface area contributed by atoms with Crippen LogP contribution in [-0.2, 0) is 11.2 Å². The van der Waals surface area contributed by atoms with Crippen molar-refractivity contribution in [3.63, 3.8) is 0 Å². The zero-order chi connectivity index (χ0) is 17.8. The minimum atomic E-state index is -2.92. The SMILES string of the molecule is Cl.N[C@@H]1CN(C(=O)Cc2ccccc2OC(F)F)C[C@H]1c1ccccc1. The molecule has 1 aliphatic rings. The topological polar surface area (TPSA) is 55.6 Å². The number of halogens is 3. The van der Waals surface area contributed by atoms with Crippen molar-refractivity contribution < 1.29 is 18.3 Å². The van der Waals surface area contributed by atoms with E-state index in [-0.39, 0.29) is 42.4 Å². The van der Waals surface area contributed by atoms with E-state index in [1.54, 1.807) is 23.1 Å². The highest BCUT2D eigenvalue weighted by Gasteiger charge is 2.33. The highest BCUT2D eigenvalue weighted by Crippen LogP contribution is 2.28. The maximum atomic E-state index is 12.6. The number of nitrogens with two attached hydrogens (primary N) is 1. The fourth-order valence-corrected chi connectivity index (χ4v) is 3.22. The number of rotatable bonds is 5. The molecule has 3 rings (SSSR count). The molecule has 1 aliphatic heterocycles. The number of likely N-dealkylation sites (tertiary alicyclic amines) is 1. The Balaban J connectivity index is 0.00000243. The van der Waals surface area contributed by atoms with Crippen LogP contribution in [0.25, 0.3) is 0 Å². The second-order valence-electron chi connectivity index (χ2n) is 6.14. The summed E-state index contributed by atoms with van der Waals surface area (Å²) < 4.78 is 29.5. The molecule has 2 aromatic rings. The molecular formula is C19H21ClF2N2O2. The summed E-state index contributed by atoms with van der Waals surface area (Å²) in [6, 6.07) is 16.1. The van der Waals surface area contributed by atoms with E-state index in [4.69, 9.17) is 5.73 Å². The van der Waals surface area contributed by atoms with Gasteiger partial charge in [-0.2, -0.15) is 8.78 Å². The number of amides is 1. The largest absolute Gasteiger partial charge is 0.435 e. The lowest BCUT2D eigenvalue weighted by atomic mass is 9.95. The van der Waals surface area contributed by atoms with E-state index in [1.807, 2.05) is 30.3 Å². The maximum absolute atomic E-state index is 12.6. The molecule has 0 radical (unpaired) electrons. The number of carbonyl (C=O) groups is 1. The van der Waals surface area contributed by atoms with Gasteiger partial charge in [-0.15, -0.1) is 12.4 Å². The van der Waals surface area contributed by atoms with Crippen LogP contribution in [-0.4, -0.2) is 36.5 Å². The van der Waals surface area contributed by atoms with Crippen molar-refractivity contribution in [3.05, 3.63) is 65.7 Å². The predicted octanol–water partition coefficient (Wildman–Crippen LogP) is 3.21. The van der Waals surface area contributed by atoms with Crippen molar-refractivity contribution in [2.75, 3.05) is 13.1 Å². The van der Waals surface area contributed by atoms with E-state index in [1.165, 1.54) is 6.07 Å². The molecule has 0 spiro atoms. The molecule has 2 N–H and O–H groups in total. The molecular weight excluding hydrogens is 362 g/mol. The summed E-state index contributed by atoms with van der Waals surface area (Å²) in [7, 11) is 0. The molecule has 1 heterocycles. The van der Waals surface area contributed by atoms with Gasteiger partial charge in [0.25, 0.3) is 0 Å². The second-order valence-corrected chi connectivity index (χ2v) is 6.14. The molecule has 1 fully saturated rings. The normalized spacial score (nSPS) is 19.3. The van der Waals surface area contributed by atoms with E-state index < -0.39 is 6.61 Å². The molecule has 0 aromatic heterocycles. The van der Waals surface area contributed by atoms with Crippen molar-refractivity contribution in [1.82, 2.24) is 4.90 Å².